The zero-order chi connectivity index (χ0) is 16.7. The van der Waals surface area contributed by atoms with Crippen LogP contribution in [0.5, 0.6) is 0 Å². The second-order valence-electron chi connectivity index (χ2n) is 5.34. The average molecular weight is 337 g/mol. The quantitative estimate of drug-likeness (QED) is 0.799. The summed E-state index contributed by atoms with van der Waals surface area (Å²) in [4.78, 5) is 22.7. The molecule has 7 heteroatoms. The number of rotatable bonds is 6. The minimum atomic E-state index is -0.211. The van der Waals surface area contributed by atoms with Crippen molar-refractivity contribution in [3.63, 3.8) is 0 Å². The van der Waals surface area contributed by atoms with E-state index in [1.165, 1.54) is 17.3 Å². The molecule has 1 saturated heterocycles. The number of hydrogen-bond donors (Lipinski definition) is 1. The van der Waals surface area contributed by atoms with E-state index in [1.54, 1.807) is 18.5 Å². The molecule has 1 aromatic rings. The van der Waals surface area contributed by atoms with E-state index in [0.717, 1.165) is 25.2 Å². The number of nitrogens with zero attached hydrogens (tertiary/aromatic N) is 2. The Hall–Kier alpha value is -1.60. The molecular formula is C16H23N3O3S. The first kappa shape index (κ1) is 17.7. The smallest absolute Gasteiger partial charge is 0.307 e. The van der Waals surface area contributed by atoms with Gasteiger partial charge in [0.15, 0.2) is 5.12 Å². The van der Waals surface area contributed by atoms with Crippen LogP contribution in [0.2, 0.25) is 0 Å². The molecule has 0 bridgehead atoms. The first-order valence-corrected chi connectivity index (χ1v) is 8.74. The van der Waals surface area contributed by atoms with Gasteiger partial charge in [-0.2, -0.15) is 5.10 Å². The topological polar surface area (TPSA) is 73.2 Å². The largest absolute Gasteiger partial charge is 0.466 e. The molecule has 23 heavy (non-hydrogen) atoms. The van der Waals surface area contributed by atoms with Crippen LogP contribution in [-0.2, 0) is 20.9 Å². The molecule has 126 valence electrons. The highest BCUT2D eigenvalue weighted by Gasteiger charge is 2.21. The number of carbonyl (C=O) groups is 2. The summed E-state index contributed by atoms with van der Waals surface area (Å²) in [5, 5.41) is 8.15. The lowest BCUT2D eigenvalue weighted by atomic mass is 10.0. The first-order chi connectivity index (χ1) is 11.1. The molecule has 0 aromatic carbocycles. The minimum absolute atomic E-state index is 0.141. The van der Waals surface area contributed by atoms with E-state index >= 15 is 0 Å². The zero-order valence-corrected chi connectivity index (χ0v) is 14.4. The van der Waals surface area contributed by atoms with Gasteiger partial charge in [0.25, 0.3) is 0 Å². The van der Waals surface area contributed by atoms with Crippen LogP contribution in [0.4, 0.5) is 0 Å². The standard InChI is InChI=1S/C16H23N3O3S/c1-3-22-16(21)6-9-19-8-5-14(18-19)10-13-11-17-7-4-15(13)23-12(2)20/h5,8,10,15,17H,3-4,6-7,9,11H2,1-2H3. The van der Waals surface area contributed by atoms with Gasteiger partial charge >= 0.3 is 5.97 Å². The number of hydrogen-bond acceptors (Lipinski definition) is 6. The number of carbonyl (C=O) groups excluding carboxylic acids is 2. The van der Waals surface area contributed by atoms with E-state index < -0.39 is 0 Å². The van der Waals surface area contributed by atoms with Gasteiger partial charge in [0.05, 0.1) is 25.3 Å². The van der Waals surface area contributed by atoms with Crippen molar-refractivity contribution >= 4 is 28.9 Å². The van der Waals surface area contributed by atoms with Gasteiger partial charge in [0.1, 0.15) is 0 Å². The fourth-order valence-corrected chi connectivity index (χ4v) is 3.39. The molecule has 0 spiro atoms. The van der Waals surface area contributed by atoms with Gasteiger partial charge < -0.3 is 10.1 Å². The molecular weight excluding hydrogens is 314 g/mol. The maximum absolute atomic E-state index is 11.4. The van der Waals surface area contributed by atoms with E-state index in [2.05, 4.69) is 10.4 Å². The highest BCUT2D eigenvalue weighted by atomic mass is 32.2. The monoisotopic (exact) mass is 337 g/mol. The molecule has 2 heterocycles. The Morgan fingerprint density at radius 1 is 1.57 bits per heavy atom. The molecule has 1 aliphatic rings. The lowest BCUT2D eigenvalue weighted by molar-refractivity contribution is -0.143. The Morgan fingerprint density at radius 2 is 2.39 bits per heavy atom. The Kier molecular flexibility index (Phi) is 6.85. The second kappa shape index (κ2) is 8.88. The number of thioether (sulfide) groups is 1. The SMILES string of the molecule is CCOC(=O)CCn1ccc(C=C2CNCCC2SC(C)=O)n1. The van der Waals surface area contributed by atoms with Crippen molar-refractivity contribution in [2.24, 2.45) is 0 Å². The Balaban J connectivity index is 1.98. The Morgan fingerprint density at radius 3 is 3.13 bits per heavy atom. The summed E-state index contributed by atoms with van der Waals surface area (Å²) >= 11 is 1.39. The summed E-state index contributed by atoms with van der Waals surface area (Å²) in [5.41, 5.74) is 2.04. The predicted octanol–water partition coefficient (Wildman–Crippen LogP) is 1.86. The molecule has 6 nitrogen and oxygen atoms in total. The molecule has 1 unspecified atom stereocenters. The van der Waals surface area contributed by atoms with Crippen LogP contribution in [0, 0.1) is 0 Å². The highest BCUT2D eigenvalue weighted by molar-refractivity contribution is 8.14. The van der Waals surface area contributed by atoms with E-state index in [-0.39, 0.29) is 16.3 Å². The third kappa shape index (κ3) is 5.84. The maximum Gasteiger partial charge on any atom is 0.307 e. The van der Waals surface area contributed by atoms with Gasteiger partial charge in [-0.05, 0) is 37.6 Å². The summed E-state index contributed by atoms with van der Waals surface area (Å²) in [6.45, 7) is 6.01. The number of nitrogens with one attached hydrogen (secondary N) is 1. The van der Waals surface area contributed by atoms with Gasteiger partial charge in [-0.25, -0.2) is 0 Å². The fourth-order valence-electron chi connectivity index (χ4n) is 2.45. The van der Waals surface area contributed by atoms with Crippen LogP contribution in [0.15, 0.2) is 17.8 Å². The van der Waals surface area contributed by atoms with Gasteiger partial charge in [0.2, 0.25) is 0 Å². The zero-order valence-electron chi connectivity index (χ0n) is 13.6. The second-order valence-corrected chi connectivity index (χ2v) is 6.72. The van der Waals surface area contributed by atoms with Gasteiger partial charge in [-0.15, -0.1) is 0 Å². The summed E-state index contributed by atoms with van der Waals surface area (Å²) in [6, 6.07) is 1.92. The lowest BCUT2D eigenvalue weighted by Gasteiger charge is -2.24. The normalized spacial score (nSPS) is 19.7. The van der Waals surface area contributed by atoms with Gasteiger partial charge in [0, 0.05) is 24.9 Å². The van der Waals surface area contributed by atoms with Crippen molar-refractivity contribution in [1.82, 2.24) is 15.1 Å². The molecule has 2 rings (SSSR count). The molecule has 0 aliphatic carbocycles. The van der Waals surface area contributed by atoms with Crippen LogP contribution in [0.25, 0.3) is 6.08 Å². The number of aryl methyl sites for hydroxylation is 1. The number of esters is 1. The minimum Gasteiger partial charge on any atom is -0.466 e. The van der Waals surface area contributed by atoms with Crippen molar-refractivity contribution in [3.8, 4) is 0 Å². The van der Waals surface area contributed by atoms with Crippen LogP contribution >= 0.6 is 11.8 Å². The van der Waals surface area contributed by atoms with Crippen LogP contribution in [0.3, 0.4) is 0 Å². The number of aromatic nitrogens is 2. The van der Waals surface area contributed by atoms with Gasteiger partial charge in [-0.3, -0.25) is 14.3 Å². The molecule has 1 atom stereocenters. The molecule has 1 fully saturated rings. The number of piperidine rings is 1. The van der Waals surface area contributed by atoms with Crippen LogP contribution in [0.1, 0.15) is 32.4 Å². The molecule has 1 aliphatic heterocycles. The Bertz CT molecular complexity index is 583. The van der Waals surface area contributed by atoms with Crippen LogP contribution < -0.4 is 5.32 Å². The van der Waals surface area contributed by atoms with Crippen molar-refractivity contribution < 1.29 is 14.3 Å². The van der Waals surface area contributed by atoms with Crippen molar-refractivity contribution in [3.05, 3.63) is 23.5 Å². The fraction of sp³-hybridized carbons (Fsp3) is 0.562. The van der Waals surface area contributed by atoms with Gasteiger partial charge in [-0.1, -0.05) is 11.8 Å². The highest BCUT2D eigenvalue weighted by Crippen LogP contribution is 2.26. The molecule has 1 N–H and O–H groups in total. The maximum atomic E-state index is 11.4. The third-order valence-corrected chi connectivity index (χ3v) is 4.63. The van der Waals surface area contributed by atoms with E-state index in [1.807, 2.05) is 18.3 Å². The van der Waals surface area contributed by atoms with Crippen molar-refractivity contribution in [2.45, 2.75) is 38.5 Å². The van der Waals surface area contributed by atoms with Crippen molar-refractivity contribution in [2.75, 3.05) is 19.7 Å². The summed E-state index contributed by atoms with van der Waals surface area (Å²) in [6.07, 6.45) is 5.15. The third-order valence-electron chi connectivity index (χ3n) is 3.48. The van der Waals surface area contributed by atoms with Crippen molar-refractivity contribution in [1.29, 1.82) is 0 Å². The summed E-state index contributed by atoms with van der Waals surface area (Å²) < 4.78 is 6.65. The summed E-state index contributed by atoms with van der Waals surface area (Å²) in [5.74, 6) is -0.211. The first-order valence-electron chi connectivity index (χ1n) is 7.86. The molecule has 0 saturated carbocycles. The Labute approximate surface area is 140 Å². The van der Waals surface area contributed by atoms with E-state index in [4.69, 9.17) is 4.74 Å². The predicted molar refractivity (Wildman–Crippen MR) is 91.0 cm³/mol. The molecule has 1 aromatic heterocycles. The molecule has 0 radical (unpaired) electrons. The average Bonchev–Trinajstić information content (AvgIpc) is 2.95. The van der Waals surface area contributed by atoms with E-state index in [0.29, 0.717) is 19.6 Å². The lowest BCUT2D eigenvalue weighted by Crippen LogP contribution is -2.32. The summed E-state index contributed by atoms with van der Waals surface area (Å²) in [7, 11) is 0. The number of ether oxygens (including phenoxy) is 1. The van der Waals surface area contributed by atoms with E-state index in [9.17, 15) is 9.59 Å². The van der Waals surface area contributed by atoms with Crippen LogP contribution in [-0.4, -0.2) is 45.8 Å². The molecule has 0 amide bonds.